The molecule has 0 radical (unpaired) electrons. The third-order valence-electron chi connectivity index (χ3n) is 2.09. The Hall–Kier alpha value is -1.29. The Balaban J connectivity index is 2.62. The number of aromatic nitrogens is 1. The molecule has 0 fully saturated rings. The Kier molecular flexibility index (Phi) is 4.90. The molecule has 0 unspecified atom stereocenters. The van der Waals surface area contributed by atoms with E-state index in [1.54, 1.807) is 0 Å². The van der Waals surface area contributed by atoms with Crippen LogP contribution < -0.4 is 15.0 Å². The largest absolute Gasteiger partial charge is 0.478 e. The molecular formula is C11H19N3O. The van der Waals surface area contributed by atoms with Crippen molar-refractivity contribution in [3.8, 4) is 5.88 Å². The lowest BCUT2D eigenvalue weighted by atomic mass is 10.4. The number of hydrogen-bond acceptors (Lipinski definition) is 4. The van der Waals surface area contributed by atoms with E-state index in [1.807, 2.05) is 39.2 Å². The topological polar surface area (TPSA) is 37.4 Å². The van der Waals surface area contributed by atoms with Crippen molar-refractivity contribution in [2.75, 3.05) is 38.7 Å². The number of pyridine rings is 1. The van der Waals surface area contributed by atoms with Crippen LogP contribution in [0.1, 0.15) is 6.92 Å². The van der Waals surface area contributed by atoms with Crippen LogP contribution in [0.2, 0.25) is 0 Å². The maximum Gasteiger partial charge on any atom is 0.215 e. The summed E-state index contributed by atoms with van der Waals surface area (Å²) in [7, 11) is 3.97. The lowest BCUT2D eigenvalue weighted by Crippen LogP contribution is -2.27. The summed E-state index contributed by atoms with van der Waals surface area (Å²) in [5.74, 6) is 1.63. The van der Waals surface area contributed by atoms with Gasteiger partial charge in [-0.25, -0.2) is 0 Å². The molecule has 4 heteroatoms. The zero-order chi connectivity index (χ0) is 11.1. The van der Waals surface area contributed by atoms with E-state index >= 15 is 0 Å². The maximum absolute atomic E-state index is 5.35. The predicted molar refractivity (Wildman–Crippen MR) is 62.6 cm³/mol. The van der Waals surface area contributed by atoms with Crippen LogP contribution in [0.5, 0.6) is 5.88 Å². The molecule has 84 valence electrons. The fourth-order valence-electron chi connectivity index (χ4n) is 1.24. The van der Waals surface area contributed by atoms with Gasteiger partial charge in [0.25, 0.3) is 0 Å². The first-order valence-corrected chi connectivity index (χ1v) is 5.23. The minimum atomic E-state index is 0.649. The summed E-state index contributed by atoms with van der Waals surface area (Å²) in [6.45, 7) is 4.48. The molecule has 0 aliphatic carbocycles. The van der Waals surface area contributed by atoms with Crippen LogP contribution in [0.4, 0.5) is 5.82 Å². The van der Waals surface area contributed by atoms with E-state index in [0.717, 1.165) is 18.9 Å². The summed E-state index contributed by atoms with van der Waals surface area (Å²) < 4.78 is 5.35. The van der Waals surface area contributed by atoms with Crippen molar-refractivity contribution in [1.82, 2.24) is 10.3 Å². The second kappa shape index (κ2) is 6.24. The van der Waals surface area contributed by atoms with Crippen LogP contribution in [0.25, 0.3) is 0 Å². The third-order valence-corrected chi connectivity index (χ3v) is 2.09. The van der Waals surface area contributed by atoms with E-state index in [2.05, 4.69) is 15.2 Å². The van der Waals surface area contributed by atoms with E-state index < -0.39 is 0 Å². The quantitative estimate of drug-likeness (QED) is 0.762. The first-order valence-electron chi connectivity index (χ1n) is 5.23. The highest BCUT2D eigenvalue weighted by molar-refractivity contribution is 5.39. The normalized spacial score (nSPS) is 10.1. The molecule has 0 aliphatic heterocycles. The minimum Gasteiger partial charge on any atom is -0.478 e. The van der Waals surface area contributed by atoms with Crippen molar-refractivity contribution in [2.24, 2.45) is 0 Å². The van der Waals surface area contributed by atoms with Crippen molar-refractivity contribution in [1.29, 1.82) is 0 Å². The van der Waals surface area contributed by atoms with Crippen LogP contribution in [0.15, 0.2) is 18.2 Å². The third kappa shape index (κ3) is 3.75. The molecular weight excluding hydrogens is 190 g/mol. The number of anilines is 1. The maximum atomic E-state index is 5.35. The number of rotatable bonds is 6. The average Bonchev–Trinajstić information content (AvgIpc) is 2.27. The van der Waals surface area contributed by atoms with Gasteiger partial charge in [0.05, 0.1) is 6.61 Å². The van der Waals surface area contributed by atoms with Crippen LogP contribution in [0.3, 0.4) is 0 Å². The molecule has 0 saturated carbocycles. The molecule has 1 heterocycles. The fraction of sp³-hybridized carbons (Fsp3) is 0.545. The van der Waals surface area contributed by atoms with Gasteiger partial charge in [-0.1, -0.05) is 6.07 Å². The standard InChI is InChI=1S/C11H19N3O/c1-4-15-11-7-5-6-10(13-11)14(3)9-8-12-2/h5-7,12H,4,8-9H2,1-3H3. The van der Waals surface area contributed by atoms with Crippen molar-refractivity contribution >= 4 is 5.82 Å². The SMILES string of the molecule is CCOc1cccc(N(C)CCNC)n1. The number of likely N-dealkylation sites (N-methyl/N-ethyl adjacent to an activating group) is 2. The molecule has 0 amide bonds. The first-order chi connectivity index (χ1) is 7.27. The molecule has 0 spiro atoms. The second-order valence-electron chi connectivity index (χ2n) is 3.29. The highest BCUT2D eigenvalue weighted by Crippen LogP contribution is 2.13. The molecule has 15 heavy (non-hydrogen) atoms. The molecule has 1 rings (SSSR count). The Morgan fingerprint density at radius 2 is 2.27 bits per heavy atom. The zero-order valence-electron chi connectivity index (χ0n) is 9.66. The molecule has 1 aromatic heterocycles. The van der Waals surface area contributed by atoms with Crippen molar-refractivity contribution in [3.05, 3.63) is 18.2 Å². The first kappa shape index (κ1) is 11.8. The molecule has 4 nitrogen and oxygen atoms in total. The summed E-state index contributed by atoms with van der Waals surface area (Å²) in [5, 5.41) is 3.11. The van der Waals surface area contributed by atoms with Gasteiger partial charge in [-0.3, -0.25) is 0 Å². The van der Waals surface area contributed by atoms with Gasteiger partial charge in [0.1, 0.15) is 5.82 Å². The highest BCUT2D eigenvalue weighted by atomic mass is 16.5. The van der Waals surface area contributed by atoms with Gasteiger partial charge in [0.2, 0.25) is 5.88 Å². The van der Waals surface area contributed by atoms with Gasteiger partial charge in [-0.2, -0.15) is 4.98 Å². The predicted octanol–water partition coefficient (Wildman–Crippen LogP) is 1.14. The summed E-state index contributed by atoms with van der Waals surface area (Å²) in [4.78, 5) is 6.49. The second-order valence-corrected chi connectivity index (χ2v) is 3.29. The number of ether oxygens (including phenoxy) is 1. The zero-order valence-corrected chi connectivity index (χ0v) is 9.66. The van der Waals surface area contributed by atoms with Gasteiger partial charge in [0, 0.05) is 26.2 Å². The fourth-order valence-corrected chi connectivity index (χ4v) is 1.24. The molecule has 0 saturated heterocycles. The molecule has 1 aromatic rings. The van der Waals surface area contributed by atoms with E-state index in [1.165, 1.54) is 0 Å². The Morgan fingerprint density at radius 1 is 1.47 bits per heavy atom. The van der Waals surface area contributed by atoms with Gasteiger partial charge in [-0.05, 0) is 20.0 Å². The molecule has 0 aromatic carbocycles. The number of nitrogens with zero attached hydrogens (tertiary/aromatic N) is 2. The van der Waals surface area contributed by atoms with Gasteiger partial charge >= 0.3 is 0 Å². The smallest absolute Gasteiger partial charge is 0.215 e. The summed E-state index contributed by atoms with van der Waals surface area (Å²) in [5.41, 5.74) is 0. The summed E-state index contributed by atoms with van der Waals surface area (Å²) in [6, 6.07) is 5.82. The van der Waals surface area contributed by atoms with Gasteiger partial charge < -0.3 is 15.0 Å². The Morgan fingerprint density at radius 3 is 2.93 bits per heavy atom. The van der Waals surface area contributed by atoms with E-state index in [4.69, 9.17) is 4.74 Å². The number of nitrogens with one attached hydrogen (secondary N) is 1. The van der Waals surface area contributed by atoms with E-state index in [-0.39, 0.29) is 0 Å². The van der Waals surface area contributed by atoms with Crippen molar-refractivity contribution in [2.45, 2.75) is 6.92 Å². The van der Waals surface area contributed by atoms with Crippen LogP contribution in [0, 0.1) is 0 Å². The van der Waals surface area contributed by atoms with Crippen molar-refractivity contribution in [3.63, 3.8) is 0 Å². The van der Waals surface area contributed by atoms with E-state index in [9.17, 15) is 0 Å². The van der Waals surface area contributed by atoms with Crippen LogP contribution >= 0.6 is 0 Å². The van der Waals surface area contributed by atoms with Crippen molar-refractivity contribution < 1.29 is 4.74 Å². The Labute approximate surface area is 91.3 Å². The molecule has 1 N–H and O–H groups in total. The van der Waals surface area contributed by atoms with E-state index in [0.29, 0.717) is 12.5 Å². The molecule has 0 bridgehead atoms. The minimum absolute atomic E-state index is 0.649. The van der Waals surface area contributed by atoms with Crippen LogP contribution in [-0.2, 0) is 0 Å². The number of hydrogen-bond donors (Lipinski definition) is 1. The van der Waals surface area contributed by atoms with Crippen LogP contribution in [-0.4, -0.2) is 38.8 Å². The highest BCUT2D eigenvalue weighted by Gasteiger charge is 2.02. The lowest BCUT2D eigenvalue weighted by Gasteiger charge is -2.18. The summed E-state index contributed by atoms with van der Waals surface area (Å²) >= 11 is 0. The van der Waals surface area contributed by atoms with Gasteiger partial charge in [0.15, 0.2) is 0 Å². The molecule has 0 aliphatic rings. The monoisotopic (exact) mass is 209 g/mol. The summed E-state index contributed by atoms with van der Waals surface area (Å²) in [6.07, 6.45) is 0. The Bertz CT molecular complexity index is 291. The lowest BCUT2D eigenvalue weighted by molar-refractivity contribution is 0.327. The van der Waals surface area contributed by atoms with Gasteiger partial charge in [-0.15, -0.1) is 0 Å². The molecule has 0 atom stereocenters. The average molecular weight is 209 g/mol.